The van der Waals surface area contributed by atoms with E-state index in [1.807, 2.05) is 0 Å². The third-order valence-corrected chi connectivity index (χ3v) is 2.43. The molecule has 0 unspecified atom stereocenters. The number of hydrogen-bond acceptors (Lipinski definition) is 2. The van der Waals surface area contributed by atoms with Gasteiger partial charge in [-0.2, -0.15) is 13.2 Å². The zero-order valence-electron chi connectivity index (χ0n) is 9.08. The van der Waals surface area contributed by atoms with E-state index in [9.17, 15) is 18.0 Å². The second-order valence-corrected chi connectivity index (χ2v) is 3.79. The molecule has 1 rings (SSSR count). The monoisotopic (exact) mass is 247 g/mol. The van der Waals surface area contributed by atoms with Crippen LogP contribution in [0.15, 0.2) is 18.2 Å². The van der Waals surface area contributed by atoms with E-state index in [4.69, 9.17) is 10.8 Å². The molecule has 3 N–H and O–H groups in total. The van der Waals surface area contributed by atoms with Crippen LogP contribution in [0.4, 0.5) is 13.2 Å². The van der Waals surface area contributed by atoms with Gasteiger partial charge in [0.1, 0.15) is 6.04 Å². The van der Waals surface area contributed by atoms with Crippen molar-refractivity contribution in [2.75, 3.05) is 0 Å². The summed E-state index contributed by atoms with van der Waals surface area (Å²) < 4.78 is 37.3. The van der Waals surface area contributed by atoms with Crippen LogP contribution in [-0.2, 0) is 17.4 Å². The van der Waals surface area contributed by atoms with Crippen LogP contribution in [0.5, 0.6) is 0 Å². The van der Waals surface area contributed by atoms with Crippen molar-refractivity contribution in [1.82, 2.24) is 0 Å². The van der Waals surface area contributed by atoms with Gasteiger partial charge in [0.05, 0.1) is 5.56 Å². The highest BCUT2D eigenvalue weighted by molar-refractivity contribution is 5.73. The van der Waals surface area contributed by atoms with Gasteiger partial charge in [-0.05, 0) is 36.6 Å². The van der Waals surface area contributed by atoms with E-state index >= 15 is 0 Å². The highest BCUT2D eigenvalue weighted by Gasteiger charge is 2.31. The molecular formula is C11H12F3NO2. The maximum absolute atomic E-state index is 12.4. The van der Waals surface area contributed by atoms with E-state index in [2.05, 4.69) is 0 Å². The number of nitrogens with two attached hydrogens (primary N) is 1. The van der Waals surface area contributed by atoms with Gasteiger partial charge in [-0.15, -0.1) is 0 Å². The first-order valence-electron chi connectivity index (χ1n) is 4.87. The van der Waals surface area contributed by atoms with Crippen LogP contribution >= 0.6 is 0 Å². The van der Waals surface area contributed by atoms with E-state index in [-0.39, 0.29) is 6.42 Å². The molecule has 0 saturated heterocycles. The Hall–Kier alpha value is -1.56. The van der Waals surface area contributed by atoms with Crippen molar-refractivity contribution in [3.05, 3.63) is 34.9 Å². The van der Waals surface area contributed by atoms with Gasteiger partial charge in [0.15, 0.2) is 0 Å². The molecule has 1 atom stereocenters. The minimum atomic E-state index is -4.43. The summed E-state index contributed by atoms with van der Waals surface area (Å²) in [6.45, 7) is 1.62. The average molecular weight is 247 g/mol. The van der Waals surface area contributed by atoms with Gasteiger partial charge in [-0.25, -0.2) is 0 Å². The Morgan fingerprint density at radius 3 is 2.53 bits per heavy atom. The van der Waals surface area contributed by atoms with Crippen LogP contribution < -0.4 is 5.73 Å². The zero-order valence-corrected chi connectivity index (χ0v) is 9.08. The number of carboxylic acid groups (broad SMARTS) is 1. The van der Waals surface area contributed by atoms with Crippen LogP contribution in [0.2, 0.25) is 0 Å². The van der Waals surface area contributed by atoms with Crippen molar-refractivity contribution < 1.29 is 23.1 Å². The van der Waals surface area contributed by atoms with Crippen LogP contribution in [0, 0.1) is 6.92 Å². The Labute approximate surface area is 96.0 Å². The van der Waals surface area contributed by atoms with Crippen molar-refractivity contribution in [3.63, 3.8) is 0 Å². The average Bonchev–Trinajstić information content (AvgIpc) is 2.19. The summed E-state index contributed by atoms with van der Waals surface area (Å²) in [6, 6.07) is 2.02. The molecule has 0 bridgehead atoms. The summed E-state index contributed by atoms with van der Waals surface area (Å²) in [5.41, 5.74) is 5.39. The van der Waals surface area contributed by atoms with Crippen LogP contribution in [0.25, 0.3) is 0 Å². The molecule has 17 heavy (non-hydrogen) atoms. The second-order valence-electron chi connectivity index (χ2n) is 3.79. The largest absolute Gasteiger partial charge is 0.480 e. The van der Waals surface area contributed by atoms with Crippen molar-refractivity contribution in [1.29, 1.82) is 0 Å². The summed E-state index contributed by atoms with van der Waals surface area (Å²) in [5, 5.41) is 8.62. The highest BCUT2D eigenvalue weighted by atomic mass is 19.4. The summed E-state index contributed by atoms with van der Waals surface area (Å²) in [4.78, 5) is 10.5. The van der Waals surface area contributed by atoms with Gasteiger partial charge < -0.3 is 10.8 Å². The lowest BCUT2D eigenvalue weighted by atomic mass is 9.99. The smallest absolute Gasteiger partial charge is 0.416 e. The zero-order chi connectivity index (χ0) is 13.2. The van der Waals surface area contributed by atoms with E-state index in [0.29, 0.717) is 11.1 Å². The quantitative estimate of drug-likeness (QED) is 0.858. The fourth-order valence-corrected chi connectivity index (χ4v) is 1.39. The fourth-order valence-electron chi connectivity index (χ4n) is 1.39. The highest BCUT2D eigenvalue weighted by Crippen LogP contribution is 2.30. The van der Waals surface area contributed by atoms with E-state index < -0.39 is 23.8 Å². The third kappa shape index (κ3) is 3.45. The van der Waals surface area contributed by atoms with Gasteiger partial charge in [0.2, 0.25) is 0 Å². The molecule has 0 radical (unpaired) electrons. The Kier molecular flexibility index (Phi) is 3.77. The number of aryl methyl sites for hydroxylation is 1. The number of halogens is 3. The summed E-state index contributed by atoms with van der Waals surface area (Å²) in [5.74, 6) is -1.23. The molecule has 0 saturated carbocycles. The molecule has 1 aromatic rings. The van der Waals surface area contributed by atoms with Crippen molar-refractivity contribution in [3.8, 4) is 0 Å². The van der Waals surface area contributed by atoms with E-state index in [0.717, 1.165) is 12.1 Å². The van der Waals surface area contributed by atoms with E-state index in [1.54, 1.807) is 6.92 Å². The molecule has 0 aliphatic heterocycles. The molecule has 0 spiro atoms. The predicted molar refractivity (Wildman–Crippen MR) is 55.5 cm³/mol. The van der Waals surface area contributed by atoms with Gasteiger partial charge in [0, 0.05) is 0 Å². The first kappa shape index (κ1) is 13.5. The number of carbonyl (C=O) groups is 1. The maximum Gasteiger partial charge on any atom is 0.416 e. The Morgan fingerprint density at radius 1 is 1.47 bits per heavy atom. The Morgan fingerprint density at radius 2 is 2.06 bits per heavy atom. The van der Waals surface area contributed by atoms with Gasteiger partial charge in [-0.1, -0.05) is 6.07 Å². The van der Waals surface area contributed by atoms with Gasteiger partial charge in [0.25, 0.3) is 0 Å². The maximum atomic E-state index is 12.4. The van der Waals surface area contributed by atoms with Crippen LogP contribution in [-0.4, -0.2) is 17.1 Å². The predicted octanol–water partition coefficient (Wildman–Crippen LogP) is 1.97. The topological polar surface area (TPSA) is 63.3 Å². The Bertz CT molecular complexity index is 429. The molecule has 1 aromatic carbocycles. The normalized spacial score (nSPS) is 13.5. The molecule has 0 amide bonds. The molecule has 6 heteroatoms. The number of carboxylic acids is 1. The van der Waals surface area contributed by atoms with Gasteiger partial charge >= 0.3 is 12.1 Å². The van der Waals surface area contributed by atoms with Crippen LogP contribution in [0.3, 0.4) is 0 Å². The summed E-state index contributed by atoms with van der Waals surface area (Å²) >= 11 is 0. The Balaban J connectivity index is 3.03. The van der Waals surface area contributed by atoms with Crippen LogP contribution in [0.1, 0.15) is 16.7 Å². The van der Waals surface area contributed by atoms with Crippen molar-refractivity contribution >= 4 is 5.97 Å². The lowest BCUT2D eigenvalue weighted by molar-refractivity contribution is -0.138. The van der Waals surface area contributed by atoms with E-state index in [1.165, 1.54) is 6.07 Å². The molecular weight excluding hydrogens is 235 g/mol. The molecule has 0 aromatic heterocycles. The molecule has 0 heterocycles. The fraction of sp³-hybridized carbons (Fsp3) is 0.364. The standard InChI is InChI=1S/C11H12F3NO2/c1-6-2-3-8(11(12,13)14)4-7(6)5-9(15)10(16)17/h2-4,9H,5,15H2,1H3,(H,16,17)/t9-/m1/s1. The second kappa shape index (κ2) is 4.75. The number of alkyl halides is 3. The molecule has 94 valence electrons. The number of aliphatic carboxylic acids is 1. The lowest BCUT2D eigenvalue weighted by Gasteiger charge is -2.13. The number of hydrogen-bond donors (Lipinski definition) is 2. The third-order valence-electron chi connectivity index (χ3n) is 2.43. The first-order valence-corrected chi connectivity index (χ1v) is 4.87. The minimum Gasteiger partial charge on any atom is -0.480 e. The lowest BCUT2D eigenvalue weighted by Crippen LogP contribution is -2.32. The number of benzene rings is 1. The summed E-state index contributed by atoms with van der Waals surface area (Å²) in [7, 11) is 0. The minimum absolute atomic E-state index is 0.120. The van der Waals surface area contributed by atoms with Crippen molar-refractivity contribution in [2.24, 2.45) is 5.73 Å². The molecule has 0 aliphatic rings. The molecule has 0 fully saturated rings. The number of rotatable bonds is 3. The molecule has 3 nitrogen and oxygen atoms in total. The SMILES string of the molecule is Cc1ccc(C(F)(F)F)cc1C[C@@H](N)C(=O)O. The first-order chi connectivity index (χ1) is 7.71. The summed E-state index contributed by atoms with van der Waals surface area (Å²) in [6.07, 6.45) is -4.55. The van der Waals surface area contributed by atoms with Crippen molar-refractivity contribution in [2.45, 2.75) is 25.6 Å². The van der Waals surface area contributed by atoms with Gasteiger partial charge in [-0.3, -0.25) is 4.79 Å². The molecule has 0 aliphatic carbocycles.